The van der Waals surface area contributed by atoms with Gasteiger partial charge < -0.3 is 10.1 Å². The average molecular weight is 258 g/mol. The highest BCUT2D eigenvalue weighted by Crippen LogP contribution is 2.09. The maximum absolute atomic E-state index is 10.8. The maximum Gasteiger partial charge on any atom is 0.243 e. The van der Waals surface area contributed by atoms with Crippen LogP contribution < -0.4 is 5.32 Å². The minimum atomic E-state index is 0.259. The van der Waals surface area contributed by atoms with E-state index in [4.69, 9.17) is 0 Å². The molecule has 0 bridgehead atoms. The summed E-state index contributed by atoms with van der Waals surface area (Å²) < 4.78 is 0. The molecule has 0 aliphatic heterocycles. The van der Waals surface area contributed by atoms with Crippen LogP contribution in [0.5, 0.6) is 0 Å². The SMILES string of the molecule is CC(=O)CCCCCNc1nnc2ccccc2n1. The van der Waals surface area contributed by atoms with Crippen molar-refractivity contribution >= 4 is 22.8 Å². The monoisotopic (exact) mass is 258 g/mol. The minimum absolute atomic E-state index is 0.259. The van der Waals surface area contributed by atoms with Crippen LogP contribution in [-0.4, -0.2) is 27.5 Å². The second-order valence-electron chi connectivity index (χ2n) is 4.56. The van der Waals surface area contributed by atoms with Crippen molar-refractivity contribution in [2.75, 3.05) is 11.9 Å². The van der Waals surface area contributed by atoms with Crippen LogP contribution in [0.1, 0.15) is 32.6 Å². The van der Waals surface area contributed by atoms with E-state index >= 15 is 0 Å². The highest BCUT2D eigenvalue weighted by atomic mass is 16.1. The predicted octanol–water partition coefficient (Wildman–Crippen LogP) is 2.59. The van der Waals surface area contributed by atoms with Crippen LogP contribution in [-0.2, 0) is 4.79 Å². The van der Waals surface area contributed by atoms with Crippen LogP contribution >= 0.6 is 0 Å². The topological polar surface area (TPSA) is 67.8 Å². The summed E-state index contributed by atoms with van der Waals surface area (Å²) in [5.41, 5.74) is 1.64. The summed E-state index contributed by atoms with van der Waals surface area (Å²) in [6.45, 7) is 2.44. The van der Waals surface area contributed by atoms with Crippen LogP contribution in [0.3, 0.4) is 0 Å². The van der Waals surface area contributed by atoms with Crippen molar-refractivity contribution in [1.29, 1.82) is 0 Å². The second kappa shape index (κ2) is 6.78. The molecule has 0 unspecified atom stereocenters. The van der Waals surface area contributed by atoms with Crippen LogP contribution in [0.2, 0.25) is 0 Å². The summed E-state index contributed by atoms with van der Waals surface area (Å²) in [5, 5.41) is 11.3. The van der Waals surface area contributed by atoms with E-state index in [1.807, 2.05) is 24.3 Å². The molecular weight excluding hydrogens is 240 g/mol. The first-order valence-corrected chi connectivity index (χ1v) is 6.58. The Labute approximate surface area is 112 Å². The van der Waals surface area contributed by atoms with Gasteiger partial charge in [0.2, 0.25) is 5.95 Å². The zero-order valence-electron chi connectivity index (χ0n) is 11.1. The zero-order valence-corrected chi connectivity index (χ0v) is 11.1. The molecule has 2 aromatic rings. The van der Waals surface area contributed by atoms with Gasteiger partial charge in [0.1, 0.15) is 11.3 Å². The van der Waals surface area contributed by atoms with Gasteiger partial charge >= 0.3 is 0 Å². The molecule has 1 aromatic heterocycles. The number of hydrogen-bond acceptors (Lipinski definition) is 5. The van der Waals surface area contributed by atoms with Gasteiger partial charge in [-0.2, -0.15) is 0 Å². The molecule has 0 radical (unpaired) electrons. The van der Waals surface area contributed by atoms with Gasteiger partial charge in [0.15, 0.2) is 0 Å². The number of fused-ring (bicyclic) bond motifs is 1. The molecule has 0 fully saturated rings. The third kappa shape index (κ3) is 4.28. The maximum atomic E-state index is 10.8. The molecule has 100 valence electrons. The van der Waals surface area contributed by atoms with Crippen molar-refractivity contribution in [3.05, 3.63) is 24.3 Å². The molecular formula is C14H18N4O. The number of Topliss-reactive ketones (excluding diaryl/α,β-unsaturated/α-hetero) is 1. The molecule has 0 atom stereocenters. The molecule has 0 spiro atoms. The third-order valence-corrected chi connectivity index (χ3v) is 2.85. The summed E-state index contributed by atoms with van der Waals surface area (Å²) in [6, 6.07) is 7.66. The van der Waals surface area contributed by atoms with Gasteiger partial charge in [-0.1, -0.05) is 18.6 Å². The van der Waals surface area contributed by atoms with E-state index in [0.717, 1.165) is 36.8 Å². The van der Waals surface area contributed by atoms with Crippen LogP contribution in [0.15, 0.2) is 24.3 Å². The van der Waals surface area contributed by atoms with Gasteiger partial charge in [0, 0.05) is 13.0 Å². The van der Waals surface area contributed by atoms with E-state index in [-0.39, 0.29) is 5.78 Å². The van der Waals surface area contributed by atoms with Crippen molar-refractivity contribution in [1.82, 2.24) is 15.2 Å². The Balaban J connectivity index is 1.77. The minimum Gasteiger partial charge on any atom is -0.353 e. The summed E-state index contributed by atoms with van der Waals surface area (Å²) in [5.74, 6) is 0.820. The van der Waals surface area contributed by atoms with Gasteiger partial charge in [0.25, 0.3) is 0 Å². The fraction of sp³-hybridized carbons (Fsp3) is 0.429. The van der Waals surface area contributed by atoms with Gasteiger partial charge in [-0.05, 0) is 31.9 Å². The molecule has 1 N–H and O–H groups in total. The van der Waals surface area contributed by atoms with E-state index in [2.05, 4.69) is 20.5 Å². The standard InChI is InChI=1S/C14H18N4O/c1-11(19)7-3-2-6-10-15-14-16-12-8-4-5-9-13(12)17-18-14/h4-5,8-9H,2-3,6-7,10H2,1H3,(H,15,16,18). The molecule has 0 amide bonds. The lowest BCUT2D eigenvalue weighted by Gasteiger charge is -2.04. The quantitative estimate of drug-likeness (QED) is 0.773. The average Bonchev–Trinajstić information content (AvgIpc) is 2.42. The highest BCUT2D eigenvalue weighted by Gasteiger charge is 2.00. The number of nitrogens with one attached hydrogen (secondary N) is 1. The number of carbonyl (C=O) groups excluding carboxylic acids is 1. The summed E-state index contributed by atoms with van der Waals surface area (Å²) in [6.07, 6.45) is 3.67. The van der Waals surface area contributed by atoms with Crippen molar-refractivity contribution in [3.8, 4) is 0 Å². The van der Waals surface area contributed by atoms with Crippen molar-refractivity contribution in [2.45, 2.75) is 32.6 Å². The fourth-order valence-electron chi connectivity index (χ4n) is 1.83. The second-order valence-corrected chi connectivity index (χ2v) is 4.56. The summed E-state index contributed by atoms with van der Waals surface area (Å²) >= 11 is 0. The Kier molecular flexibility index (Phi) is 4.78. The number of benzene rings is 1. The number of rotatable bonds is 7. The number of anilines is 1. The van der Waals surface area contributed by atoms with Crippen LogP contribution in [0, 0.1) is 0 Å². The third-order valence-electron chi connectivity index (χ3n) is 2.85. The largest absolute Gasteiger partial charge is 0.353 e. The first-order chi connectivity index (χ1) is 9.25. The first-order valence-electron chi connectivity index (χ1n) is 6.58. The van der Waals surface area contributed by atoms with Gasteiger partial charge in [-0.15, -0.1) is 10.2 Å². The van der Waals surface area contributed by atoms with E-state index in [1.165, 1.54) is 0 Å². The van der Waals surface area contributed by atoms with Crippen molar-refractivity contribution in [3.63, 3.8) is 0 Å². The Morgan fingerprint density at radius 1 is 1.11 bits per heavy atom. The summed E-state index contributed by atoms with van der Waals surface area (Å²) in [4.78, 5) is 15.2. The number of unbranched alkanes of at least 4 members (excludes halogenated alkanes) is 2. The van der Waals surface area contributed by atoms with E-state index in [9.17, 15) is 4.79 Å². The van der Waals surface area contributed by atoms with Gasteiger partial charge in [-0.25, -0.2) is 4.98 Å². The Bertz CT molecular complexity index is 556. The number of carbonyl (C=O) groups is 1. The lowest BCUT2D eigenvalue weighted by molar-refractivity contribution is -0.117. The number of para-hydroxylation sites is 1. The molecule has 5 heteroatoms. The number of aromatic nitrogens is 3. The Morgan fingerprint density at radius 3 is 2.68 bits per heavy atom. The summed E-state index contributed by atoms with van der Waals surface area (Å²) in [7, 11) is 0. The predicted molar refractivity (Wildman–Crippen MR) is 75.0 cm³/mol. The zero-order chi connectivity index (χ0) is 13.5. The Morgan fingerprint density at radius 2 is 1.89 bits per heavy atom. The highest BCUT2D eigenvalue weighted by molar-refractivity contribution is 5.75. The van der Waals surface area contributed by atoms with E-state index in [0.29, 0.717) is 12.4 Å². The van der Waals surface area contributed by atoms with E-state index < -0.39 is 0 Å². The molecule has 19 heavy (non-hydrogen) atoms. The van der Waals surface area contributed by atoms with Gasteiger partial charge in [0.05, 0.1) is 5.52 Å². The fourth-order valence-corrected chi connectivity index (χ4v) is 1.83. The van der Waals surface area contributed by atoms with Gasteiger partial charge in [-0.3, -0.25) is 0 Å². The first kappa shape index (κ1) is 13.4. The van der Waals surface area contributed by atoms with Crippen molar-refractivity contribution < 1.29 is 4.79 Å². The van der Waals surface area contributed by atoms with Crippen LogP contribution in [0.4, 0.5) is 5.95 Å². The number of nitrogens with zero attached hydrogens (tertiary/aromatic N) is 3. The normalized spacial score (nSPS) is 10.6. The molecule has 1 heterocycles. The number of hydrogen-bond donors (Lipinski definition) is 1. The molecule has 0 aliphatic carbocycles. The Hall–Kier alpha value is -2.04. The van der Waals surface area contributed by atoms with Crippen LogP contribution in [0.25, 0.3) is 11.0 Å². The molecule has 5 nitrogen and oxygen atoms in total. The smallest absolute Gasteiger partial charge is 0.243 e. The number of ketones is 1. The lowest BCUT2D eigenvalue weighted by Crippen LogP contribution is -2.06. The molecule has 0 saturated heterocycles. The molecule has 0 saturated carbocycles. The molecule has 2 rings (SSSR count). The van der Waals surface area contributed by atoms with Crippen molar-refractivity contribution in [2.24, 2.45) is 0 Å². The lowest BCUT2D eigenvalue weighted by atomic mass is 10.1. The molecule has 0 aliphatic rings. The van der Waals surface area contributed by atoms with E-state index in [1.54, 1.807) is 6.92 Å². The molecule has 1 aromatic carbocycles.